The minimum atomic E-state index is 0.0534. The molecule has 0 spiro atoms. The molecule has 0 unspecified atom stereocenters. The Morgan fingerprint density at radius 1 is 0.676 bits per heavy atom. The molecular weight excluding hydrogens is 430 g/mol. The van der Waals surface area contributed by atoms with Crippen molar-refractivity contribution in [1.29, 1.82) is 0 Å². The van der Waals surface area contributed by atoms with E-state index in [9.17, 15) is 9.59 Å². The smallest absolute Gasteiger partial charge is 0.176 e. The first-order valence-corrected chi connectivity index (χ1v) is 12.9. The molecule has 0 atom stereocenters. The van der Waals surface area contributed by atoms with Gasteiger partial charge in [0.05, 0.1) is 0 Å². The molecule has 0 aromatic heterocycles. The second kappa shape index (κ2) is 12.0. The summed E-state index contributed by atoms with van der Waals surface area (Å²) in [5.74, 6) is 1.19. The number of Topliss-reactive ketones (excluding diaryl/α,β-unsaturated/α-hetero) is 2. The largest absolute Gasteiger partial charge is 0.317 e. The summed E-state index contributed by atoms with van der Waals surface area (Å²) in [5, 5.41) is 23.1. The molecule has 0 amide bonds. The highest BCUT2D eigenvalue weighted by atomic mass is 16.1. The van der Waals surface area contributed by atoms with Gasteiger partial charge in [0, 0.05) is 56.0 Å². The summed E-state index contributed by atoms with van der Waals surface area (Å²) in [6.45, 7) is 9.91. The van der Waals surface area contributed by atoms with Gasteiger partial charge in [-0.3, -0.25) is 9.59 Å². The highest BCUT2D eigenvalue weighted by molar-refractivity contribution is 6.44. The first-order chi connectivity index (χ1) is 16.5. The van der Waals surface area contributed by atoms with Crippen molar-refractivity contribution in [3.63, 3.8) is 0 Å². The lowest BCUT2D eigenvalue weighted by Gasteiger charge is -2.39. The van der Waals surface area contributed by atoms with Gasteiger partial charge in [-0.05, 0) is 77.8 Å². The maximum atomic E-state index is 11.3. The predicted molar refractivity (Wildman–Crippen MR) is 136 cm³/mol. The van der Waals surface area contributed by atoms with E-state index >= 15 is 0 Å². The van der Waals surface area contributed by atoms with Gasteiger partial charge in [0.2, 0.25) is 0 Å². The number of rotatable bonds is 5. The maximum absolute atomic E-state index is 11.3. The minimum Gasteiger partial charge on any atom is -0.317 e. The predicted octanol–water partition coefficient (Wildman–Crippen LogP) is 2.02. The summed E-state index contributed by atoms with van der Waals surface area (Å²) >= 11 is 0. The summed E-state index contributed by atoms with van der Waals surface area (Å²) in [4.78, 5) is 25.0. The number of likely N-dealkylation sites (tertiary alicyclic amines) is 1. The van der Waals surface area contributed by atoms with Crippen molar-refractivity contribution in [1.82, 2.24) is 15.5 Å². The molecule has 186 valence electrons. The quantitative estimate of drug-likeness (QED) is 0.640. The van der Waals surface area contributed by atoms with E-state index in [1.807, 2.05) is 0 Å². The summed E-state index contributed by atoms with van der Waals surface area (Å²) in [6, 6.07) is 0.770. The fourth-order valence-corrected chi connectivity index (χ4v) is 5.50. The molecule has 5 rings (SSSR count). The molecule has 34 heavy (non-hydrogen) atoms. The monoisotopic (exact) mass is 469 g/mol. The second-order valence-corrected chi connectivity index (χ2v) is 10.1. The normalized spacial score (nSPS) is 25.1. The molecule has 0 radical (unpaired) electrons. The molecule has 3 fully saturated rings. The zero-order valence-electron chi connectivity index (χ0n) is 20.7. The van der Waals surface area contributed by atoms with Crippen LogP contribution in [0.1, 0.15) is 65.2 Å². The number of carbonyl (C=O) groups excluding carboxylic acids is 2. The third-order valence-corrected chi connectivity index (χ3v) is 7.74. The van der Waals surface area contributed by atoms with Crippen LogP contribution in [0.15, 0.2) is 20.4 Å². The summed E-state index contributed by atoms with van der Waals surface area (Å²) < 4.78 is 0. The van der Waals surface area contributed by atoms with Crippen LogP contribution < -0.4 is 10.6 Å². The molecule has 9 nitrogen and oxygen atoms in total. The lowest BCUT2D eigenvalue weighted by molar-refractivity contribution is -0.111. The number of ketones is 2. The van der Waals surface area contributed by atoms with Crippen molar-refractivity contribution >= 4 is 34.4 Å². The van der Waals surface area contributed by atoms with Gasteiger partial charge in [-0.25, -0.2) is 0 Å². The van der Waals surface area contributed by atoms with Gasteiger partial charge in [-0.1, -0.05) is 0 Å². The molecule has 0 aliphatic carbocycles. The molecule has 5 heterocycles. The Morgan fingerprint density at radius 3 is 1.56 bits per heavy atom. The third-order valence-electron chi connectivity index (χ3n) is 7.74. The lowest BCUT2D eigenvalue weighted by Crippen LogP contribution is -2.47. The Morgan fingerprint density at radius 2 is 1.12 bits per heavy atom. The highest BCUT2D eigenvalue weighted by Crippen LogP contribution is 2.26. The van der Waals surface area contributed by atoms with Crippen molar-refractivity contribution < 1.29 is 9.59 Å². The molecule has 0 aromatic rings. The average Bonchev–Trinajstić information content (AvgIpc) is 3.57. The Bertz CT molecular complexity index is 872. The third kappa shape index (κ3) is 6.52. The van der Waals surface area contributed by atoms with Crippen molar-refractivity contribution in [2.75, 3.05) is 39.3 Å². The first-order valence-electron chi connectivity index (χ1n) is 12.9. The van der Waals surface area contributed by atoms with E-state index in [1.165, 1.54) is 38.8 Å². The van der Waals surface area contributed by atoms with Gasteiger partial charge >= 0.3 is 0 Å². The maximum Gasteiger partial charge on any atom is 0.176 e. The number of nitrogens with one attached hydrogen (secondary N) is 2. The average molecular weight is 470 g/mol. The van der Waals surface area contributed by atoms with Gasteiger partial charge in [0.1, 0.15) is 11.4 Å². The topological polar surface area (TPSA) is 111 Å². The highest BCUT2D eigenvalue weighted by Gasteiger charge is 2.30. The Labute approximate surface area is 202 Å². The Hall–Kier alpha value is -2.10. The number of hydrogen-bond acceptors (Lipinski definition) is 9. The van der Waals surface area contributed by atoms with Crippen LogP contribution in [0.25, 0.3) is 0 Å². The molecule has 2 N–H and O–H groups in total. The fraction of sp³-hybridized carbons (Fsp3) is 0.760. The number of piperidine rings is 3. The van der Waals surface area contributed by atoms with Crippen molar-refractivity contribution in [2.45, 2.75) is 71.3 Å². The summed E-state index contributed by atoms with van der Waals surface area (Å²) in [6.07, 6.45) is 8.52. The standard InChI is InChI=1S/C15H24N4O.C10H15N3O/c1-11(20)14-10-15(18-17-14)12-4-8-19(9-5-12)13-2-6-16-7-3-13;1-7(14)9-6-10(13-12-9)8-2-4-11-5-3-8/h12-13,16H,2-10H2,1H3;8,11H,2-6H2,1H3. The lowest BCUT2D eigenvalue weighted by atomic mass is 9.88. The summed E-state index contributed by atoms with van der Waals surface area (Å²) in [5.41, 5.74) is 3.51. The van der Waals surface area contributed by atoms with Crippen LogP contribution in [-0.4, -0.2) is 84.6 Å². The SMILES string of the molecule is CC(=O)C1=NN=C(C2CCN(C3CCNCC3)CC2)C1.CC(=O)C1=NN=C(C2CCNCC2)C1. The van der Waals surface area contributed by atoms with Crippen molar-refractivity contribution in [2.24, 2.45) is 32.2 Å². The van der Waals surface area contributed by atoms with Crippen LogP contribution >= 0.6 is 0 Å². The first kappa shape index (κ1) is 25.0. The minimum absolute atomic E-state index is 0.0534. The zero-order valence-corrected chi connectivity index (χ0v) is 20.7. The molecule has 0 saturated carbocycles. The second-order valence-electron chi connectivity index (χ2n) is 10.1. The van der Waals surface area contributed by atoms with Gasteiger partial charge < -0.3 is 15.5 Å². The van der Waals surface area contributed by atoms with E-state index < -0.39 is 0 Å². The molecule has 5 aliphatic heterocycles. The molecule has 5 aliphatic rings. The van der Waals surface area contributed by atoms with Crippen LogP contribution in [0.4, 0.5) is 0 Å². The molecule has 9 heteroatoms. The van der Waals surface area contributed by atoms with Crippen molar-refractivity contribution in [3.8, 4) is 0 Å². The Balaban J connectivity index is 0.000000172. The molecule has 0 aromatic carbocycles. The van der Waals surface area contributed by atoms with Crippen LogP contribution in [0.3, 0.4) is 0 Å². The van der Waals surface area contributed by atoms with Crippen molar-refractivity contribution in [3.05, 3.63) is 0 Å². The van der Waals surface area contributed by atoms with Crippen LogP contribution in [0, 0.1) is 11.8 Å². The van der Waals surface area contributed by atoms with E-state index in [-0.39, 0.29) is 11.6 Å². The molecule has 0 bridgehead atoms. The van der Waals surface area contributed by atoms with E-state index in [0.29, 0.717) is 36.1 Å². The summed E-state index contributed by atoms with van der Waals surface area (Å²) in [7, 11) is 0. The Kier molecular flexibility index (Phi) is 8.86. The molecule has 3 saturated heterocycles. The number of hydrogen-bond donors (Lipinski definition) is 2. The number of carbonyl (C=O) groups is 2. The zero-order chi connectivity index (χ0) is 23.9. The van der Waals surface area contributed by atoms with Crippen LogP contribution in [-0.2, 0) is 9.59 Å². The molecular formula is C25H39N7O2. The van der Waals surface area contributed by atoms with Gasteiger partial charge in [0.15, 0.2) is 11.6 Å². The van der Waals surface area contributed by atoms with E-state index in [1.54, 1.807) is 13.8 Å². The van der Waals surface area contributed by atoms with Gasteiger partial charge in [-0.2, -0.15) is 20.4 Å². The van der Waals surface area contributed by atoms with Crippen LogP contribution in [0.5, 0.6) is 0 Å². The number of nitrogens with zero attached hydrogens (tertiary/aromatic N) is 5. The van der Waals surface area contributed by atoms with Gasteiger partial charge in [0.25, 0.3) is 0 Å². The van der Waals surface area contributed by atoms with E-state index in [2.05, 4.69) is 35.9 Å². The van der Waals surface area contributed by atoms with E-state index in [4.69, 9.17) is 0 Å². The fourth-order valence-electron chi connectivity index (χ4n) is 5.50. The van der Waals surface area contributed by atoms with Crippen LogP contribution in [0.2, 0.25) is 0 Å². The van der Waals surface area contributed by atoms with Gasteiger partial charge in [-0.15, -0.1) is 0 Å². The van der Waals surface area contributed by atoms with E-state index in [0.717, 1.165) is 56.5 Å².